The van der Waals surface area contributed by atoms with E-state index in [0.717, 1.165) is 19.0 Å². The molecule has 3 heteroatoms. The van der Waals surface area contributed by atoms with Gasteiger partial charge in [0.2, 0.25) is 0 Å². The minimum Gasteiger partial charge on any atom is -0.385 e. The number of hydrogen-bond donors (Lipinski definition) is 1. The summed E-state index contributed by atoms with van der Waals surface area (Å²) >= 11 is 0. The lowest BCUT2D eigenvalue weighted by molar-refractivity contribution is -0.0125. The van der Waals surface area contributed by atoms with Crippen molar-refractivity contribution in [2.45, 2.75) is 38.2 Å². The predicted octanol–water partition coefficient (Wildman–Crippen LogP) is 2.62. The van der Waals surface area contributed by atoms with Crippen molar-refractivity contribution < 1.29 is 9.50 Å². The van der Waals surface area contributed by atoms with Crippen LogP contribution in [-0.2, 0) is 5.60 Å². The third-order valence-electron chi connectivity index (χ3n) is 3.34. The van der Waals surface area contributed by atoms with E-state index in [0.29, 0.717) is 24.3 Å². The molecule has 0 saturated heterocycles. The first-order valence-corrected chi connectivity index (χ1v) is 5.43. The van der Waals surface area contributed by atoms with Crippen LogP contribution >= 0.6 is 0 Å². The van der Waals surface area contributed by atoms with Gasteiger partial charge in [-0.2, -0.15) is 0 Å². The molecule has 1 aromatic heterocycles. The molecule has 0 aromatic carbocycles. The van der Waals surface area contributed by atoms with E-state index in [1.54, 1.807) is 6.20 Å². The average molecular weight is 209 g/mol. The van der Waals surface area contributed by atoms with Crippen molar-refractivity contribution in [2.24, 2.45) is 5.92 Å². The van der Waals surface area contributed by atoms with Gasteiger partial charge in [0.05, 0.1) is 11.8 Å². The van der Waals surface area contributed by atoms with Crippen LogP contribution in [0, 0.1) is 11.7 Å². The Morgan fingerprint density at radius 2 is 2.07 bits per heavy atom. The lowest BCUT2D eigenvalue weighted by atomic mass is 9.76. The molecular formula is C12H16FNO. The molecule has 0 radical (unpaired) electrons. The highest BCUT2D eigenvalue weighted by atomic mass is 19.1. The maximum atomic E-state index is 13.0. The van der Waals surface area contributed by atoms with Crippen molar-refractivity contribution in [3.05, 3.63) is 29.8 Å². The Morgan fingerprint density at radius 1 is 1.40 bits per heavy atom. The van der Waals surface area contributed by atoms with Crippen LogP contribution < -0.4 is 0 Å². The number of hydrogen-bond acceptors (Lipinski definition) is 2. The first-order valence-electron chi connectivity index (χ1n) is 5.43. The van der Waals surface area contributed by atoms with Crippen LogP contribution in [-0.4, -0.2) is 10.1 Å². The molecule has 0 aliphatic heterocycles. The molecule has 1 heterocycles. The summed E-state index contributed by atoms with van der Waals surface area (Å²) in [4.78, 5) is 3.79. The fourth-order valence-electron chi connectivity index (χ4n) is 2.19. The van der Waals surface area contributed by atoms with Crippen LogP contribution in [0.3, 0.4) is 0 Å². The van der Waals surface area contributed by atoms with Gasteiger partial charge in [-0.1, -0.05) is 6.92 Å². The largest absolute Gasteiger partial charge is 0.385 e. The Balaban J connectivity index is 2.22. The van der Waals surface area contributed by atoms with E-state index in [1.165, 1.54) is 6.07 Å². The average Bonchev–Trinajstić information content (AvgIpc) is 2.23. The van der Waals surface area contributed by atoms with E-state index in [9.17, 15) is 9.50 Å². The summed E-state index contributed by atoms with van der Waals surface area (Å²) < 4.78 is 13.0. The van der Waals surface area contributed by atoms with Crippen molar-refractivity contribution in [3.63, 3.8) is 0 Å². The zero-order valence-corrected chi connectivity index (χ0v) is 8.91. The SMILES string of the molecule is CC1CCC(O)(c2cncc(F)c2)CC1. The molecule has 1 fully saturated rings. The fourth-order valence-corrected chi connectivity index (χ4v) is 2.19. The molecule has 0 atom stereocenters. The molecule has 1 aromatic rings. The standard InChI is InChI=1S/C12H16FNO/c1-9-2-4-12(15,5-3-9)10-6-11(13)8-14-7-10/h6-9,15H,2-5H2,1H3. The Morgan fingerprint density at radius 3 is 2.67 bits per heavy atom. The highest BCUT2D eigenvalue weighted by Gasteiger charge is 2.33. The zero-order chi connectivity index (χ0) is 10.9. The van der Waals surface area contributed by atoms with Gasteiger partial charge < -0.3 is 5.11 Å². The minimum atomic E-state index is -0.860. The Labute approximate surface area is 89.2 Å². The van der Waals surface area contributed by atoms with Crippen molar-refractivity contribution in [2.75, 3.05) is 0 Å². The molecule has 1 N–H and O–H groups in total. The maximum Gasteiger partial charge on any atom is 0.141 e. The van der Waals surface area contributed by atoms with E-state index in [4.69, 9.17) is 0 Å². The summed E-state index contributed by atoms with van der Waals surface area (Å²) in [6, 6.07) is 1.39. The van der Waals surface area contributed by atoms with E-state index in [1.807, 2.05) is 0 Å². The van der Waals surface area contributed by atoms with Crippen LogP contribution in [0.1, 0.15) is 38.2 Å². The van der Waals surface area contributed by atoms with E-state index >= 15 is 0 Å². The summed E-state index contributed by atoms with van der Waals surface area (Å²) in [5.74, 6) is 0.284. The molecule has 0 bridgehead atoms. The van der Waals surface area contributed by atoms with Crippen LogP contribution in [0.5, 0.6) is 0 Å². The molecule has 0 unspecified atom stereocenters. The number of pyridine rings is 1. The quantitative estimate of drug-likeness (QED) is 0.771. The molecular weight excluding hydrogens is 193 g/mol. The van der Waals surface area contributed by atoms with Gasteiger partial charge >= 0.3 is 0 Å². The van der Waals surface area contributed by atoms with Crippen LogP contribution in [0.25, 0.3) is 0 Å². The van der Waals surface area contributed by atoms with Crippen molar-refractivity contribution >= 4 is 0 Å². The molecule has 15 heavy (non-hydrogen) atoms. The third kappa shape index (κ3) is 2.17. The number of rotatable bonds is 1. The lowest BCUT2D eigenvalue weighted by Gasteiger charge is -2.35. The molecule has 1 saturated carbocycles. The van der Waals surface area contributed by atoms with Gasteiger partial charge in [-0.25, -0.2) is 4.39 Å². The molecule has 1 aliphatic carbocycles. The fraction of sp³-hybridized carbons (Fsp3) is 0.583. The van der Waals surface area contributed by atoms with E-state index < -0.39 is 5.60 Å². The topological polar surface area (TPSA) is 33.1 Å². The minimum absolute atomic E-state index is 0.375. The Kier molecular flexibility index (Phi) is 2.74. The first-order chi connectivity index (χ1) is 7.10. The normalized spacial score (nSPS) is 31.5. The molecule has 2 nitrogen and oxygen atoms in total. The van der Waals surface area contributed by atoms with Gasteiger partial charge in [-0.15, -0.1) is 0 Å². The van der Waals surface area contributed by atoms with Gasteiger partial charge in [-0.05, 0) is 37.7 Å². The second kappa shape index (κ2) is 3.89. The first kappa shape index (κ1) is 10.6. The summed E-state index contributed by atoms with van der Waals surface area (Å²) in [6.45, 7) is 2.18. The van der Waals surface area contributed by atoms with Gasteiger partial charge in [0.1, 0.15) is 5.82 Å². The molecule has 0 amide bonds. The van der Waals surface area contributed by atoms with Gasteiger partial charge in [-0.3, -0.25) is 4.98 Å². The van der Waals surface area contributed by atoms with Crippen molar-refractivity contribution in [1.82, 2.24) is 4.98 Å². The number of aromatic nitrogens is 1. The highest BCUT2D eigenvalue weighted by Crippen LogP contribution is 2.38. The zero-order valence-electron chi connectivity index (χ0n) is 8.91. The van der Waals surface area contributed by atoms with E-state index in [2.05, 4.69) is 11.9 Å². The summed E-state index contributed by atoms with van der Waals surface area (Å²) in [7, 11) is 0. The Bertz CT molecular complexity index is 345. The number of aliphatic hydroxyl groups is 1. The van der Waals surface area contributed by atoms with Crippen LogP contribution in [0.15, 0.2) is 18.5 Å². The van der Waals surface area contributed by atoms with Crippen LogP contribution in [0.2, 0.25) is 0 Å². The number of halogens is 1. The highest BCUT2D eigenvalue weighted by molar-refractivity contribution is 5.19. The summed E-state index contributed by atoms with van der Waals surface area (Å²) in [5, 5.41) is 10.4. The smallest absolute Gasteiger partial charge is 0.141 e. The summed E-state index contributed by atoms with van der Waals surface area (Å²) in [5.41, 5.74) is -0.240. The molecule has 0 spiro atoms. The van der Waals surface area contributed by atoms with Crippen molar-refractivity contribution in [3.8, 4) is 0 Å². The molecule has 82 valence electrons. The van der Waals surface area contributed by atoms with Crippen molar-refractivity contribution in [1.29, 1.82) is 0 Å². The van der Waals surface area contributed by atoms with Gasteiger partial charge in [0.25, 0.3) is 0 Å². The lowest BCUT2D eigenvalue weighted by Crippen LogP contribution is -2.31. The van der Waals surface area contributed by atoms with Crippen LogP contribution in [0.4, 0.5) is 4.39 Å². The monoisotopic (exact) mass is 209 g/mol. The van der Waals surface area contributed by atoms with Gasteiger partial charge in [0, 0.05) is 11.8 Å². The maximum absolute atomic E-state index is 13.0. The predicted molar refractivity (Wildman–Crippen MR) is 55.7 cm³/mol. The van der Waals surface area contributed by atoms with Gasteiger partial charge in [0.15, 0.2) is 0 Å². The molecule has 1 aliphatic rings. The molecule has 2 rings (SSSR count). The summed E-state index contributed by atoms with van der Waals surface area (Å²) in [6.07, 6.45) is 6.13. The number of nitrogens with zero attached hydrogens (tertiary/aromatic N) is 1. The van der Waals surface area contributed by atoms with E-state index in [-0.39, 0.29) is 5.82 Å². The third-order valence-corrected chi connectivity index (χ3v) is 3.34. The second-order valence-electron chi connectivity index (χ2n) is 4.61. The Hall–Kier alpha value is -0.960. The second-order valence-corrected chi connectivity index (χ2v) is 4.61.